The summed E-state index contributed by atoms with van der Waals surface area (Å²) in [6.45, 7) is 3.37. The predicted octanol–water partition coefficient (Wildman–Crippen LogP) is -1.61. The summed E-state index contributed by atoms with van der Waals surface area (Å²) >= 11 is 1.39. The largest absolute Gasteiger partial charge is 0.481 e. The van der Waals surface area contributed by atoms with Gasteiger partial charge in [0.2, 0.25) is 23.6 Å². The molecule has 0 rings (SSSR count). The predicted molar refractivity (Wildman–Crippen MR) is 125 cm³/mol. The molecule has 4 amide bonds. The van der Waals surface area contributed by atoms with Crippen molar-refractivity contribution < 1.29 is 39.0 Å². The maximum atomic E-state index is 12.9. The van der Waals surface area contributed by atoms with Gasteiger partial charge in [0.15, 0.2) is 0 Å². The first-order valence-corrected chi connectivity index (χ1v) is 12.1. The van der Waals surface area contributed by atoms with E-state index in [0.29, 0.717) is 12.2 Å². The van der Waals surface area contributed by atoms with Gasteiger partial charge in [-0.2, -0.15) is 11.8 Å². The highest BCUT2D eigenvalue weighted by atomic mass is 32.2. The van der Waals surface area contributed by atoms with Crippen molar-refractivity contribution in [3.63, 3.8) is 0 Å². The van der Waals surface area contributed by atoms with Crippen LogP contribution in [0, 0.1) is 5.92 Å². The van der Waals surface area contributed by atoms with Crippen LogP contribution in [0.4, 0.5) is 0 Å². The van der Waals surface area contributed by atoms with Gasteiger partial charge in [0.05, 0.1) is 12.5 Å². The number of carboxylic acid groups (broad SMARTS) is 2. The smallest absolute Gasteiger partial charge is 0.326 e. The molecule has 0 aromatic heterocycles. The number of carbonyl (C=O) groups excluding carboxylic acids is 4. The lowest BCUT2D eigenvalue weighted by molar-refractivity contribution is -0.144. The molecule has 0 aliphatic rings. The summed E-state index contributed by atoms with van der Waals surface area (Å²) in [5, 5.41) is 25.2. The van der Waals surface area contributed by atoms with E-state index in [1.165, 1.54) is 11.8 Å². The van der Waals surface area contributed by atoms with Gasteiger partial charge in [0.1, 0.15) is 18.1 Å². The number of rotatable bonds is 17. The van der Waals surface area contributed by atoms with E-state index in [1.807, 2.05) is 0 Å². The third kappa shape index (κ3) is 11.8. The van der Waals surface area contributed by atoms with E-state index >= 15 is 0 Å². The van der Waals surface area contributed by atoms with Crippen LogP contribution in [0.3, 0.4) is 0 Å². The molecule has 194 valence electrons. The maximum absolute atomic E-state index is 12.9. The summed E-state index contributed by atoms with van der Waals surface area (Å²) in [4.78, 5) is 71.6. The Labute approximate surface area is 202 Å². The van der Waals surface area contributed by atoms with E-state index in [0.717, 1.165) is 0 Å². The number of carbonyl (C=O) groups is 6. The van der Waals surface area contributed by atoms with Crippen molar-refractivity contribution >= 4 is 47.3 Å². The minimum Gasteiger partial charge on any atom is -0.481 e. The van der Waals surface area contributed by atoms with E-state index in [4.69, 9.17) is 16.6 Å². The van der Waals surface area contributed by atoms with Gasteiger partial charge in [0, 0.05) is 6.42 Å². The highest BCUT2D eigenvalue weighted by Gasteiger charge is 2.32. The minimum atomic E-state index is -1.47. The van der Waals surface area contributed by atoms with Gasteiger partial charge < -0.3 is 37.6 Å². The number of aliphatic carboxylic acids is 2. The summed E-state index contributed by atoms with van der Waals surface area (Å²) < 4.78 is 0. The fraction of sp³-hybridized carbons (Fsp3) is 0.700. The van der Waals surface area contributed by atoms with Crippen LogP contribution >= 0.6 is 11.8 Å². The SMILES string of the molecule is CCC(C)C(NC(=O)C(CC(N)=O)NC(=O)C(CCSC)NC(=O)C(N)CCC(=O)O)C(=O)O. The zero-order chi connectivity index (χ0) is 26.4. The highest BCUT2D eigenvalue weighted by molar-refractivity contribution is 7.98. The molecule has 0 radical (unpaired) electrons. The molecule has 14 heteroatoms. The number of carboxylic acids is 2. The Bertz CT molecular complexity index is 750. The normalized spacial score (nSPS) is 15.2. The fourth-order valence-corrected chi connectivity index (χ4v) is 3.28. The monoisotopic (exact) mass is 505 g/mol. The molecular formula is C20H35N5O8S. The Morgan fingerprint density at radius 3 is 1.94 bits per heavy atom. The van der Waals surface area contributed by atoms with E-state index in [2.05, 4.69) is 16.0 Å². The second-order valence-corrected chi connectivity index (χ2v) is 8.81. The second-order valence-electron chi connectivity index (χ2n) is 7.82. The number of thioether (sulfide) groups is 1. The number of hydrogen-bond acceptors (Lipinski definition) is 8. The second kappa shape index (κ2) is 15.9. The van der Waals surface area contributed by atoms with Crippen LogP contribution < -0.4 is 27.4 Å². The van der Waals surface area contributed by atoms with Gasteiger partial charge in [0.25, 0.3) is 0 Å². The number of primary amides is 1. The summed E-state index contributed by atoms with van der Waals surface area (Å²) in [6.07, 6.45) is 1.31. The van der Waals surface area contributed by atoms with Crippen LogP contribution in [0.2, 0.25) is 0 Å². The summed E-state index contributed by atoms with van der Waals surface area (Å²) in [7, 11) is 0. The average Bonchev–Trinajstić information content (AvgIpc) is 2.76. The van der Waals surface area contributed by atoms with Crippen LogP contribution in [-0.2, 0) is 28.8 Å². The third-order valence-corrected chi connectivity index (χ3v) is 5.71. The average molecular weight is 506 g/mol. The first-order chi connectivity index (χ1) is 15.8. The van der Waals surface area contributed by atoms with Crippen LogP contribution in [0.15, 0.2) is 0 Å². The maximum Gasteiger partial charge on any atom is 0.326 e. The summed E-state index contributed by atoms with van der Waals surface area (Å²) in [6, 6.07) is -5.02. The summed E-state index contributed by atoms with van der Waals surface area (Å²) in [5.41, 5.74) is 10.9. The van der Waals surface area contributed by atoms with Crippen molar-refractivity contribution in [2.24, 2.45) is 17.4 Å². The molecule has 0 aromatic rings. The van der Waals surface area contributed by atoms with Crippen molar-refractivity contribution in [3.8, 4) is 0 Å². The Kier molecular flexibility index (Phi) is 14.5. The molecular weight excluding hydrogens is 470 g/mol. The van der Waals surface area contributed by atoms with Crippen molar-refractivity contribution in [3.05, 3.63) is 0 Å². The van der Waals surface area contributed by atoms with Gasteiger partial charge in [-0.15, -0.1) is 0 Å². The Morgan fingerprint density at radius 1 is 0.912 bits per heavy atom. The lowest BCUT2D eigenvalue weighted by Gasteiger charge is -2.26. The van der Waals surface area contributed by atoms with Crippen molar-refractivity contribution in [2.45, 2.75) is 70.1 Å². The van der Waals surface area contributed by atoms with Gasteiger partial charge in [-0.3, -0.25) is 24.0 Å². The number of nitrogens with one attached hydrogen (secondary N) is 3. The molecule has 0 saturated heterocycles. The Hall–Kier alpha value is -2.87. The first kappa shape index (κ1) is 31.1. The van der Waals surface area contributed by atoms with Crippen LogP contribution in [0.1, 0.15) is 46.0 Å². The number of amides is 4. The van der Waals surface area contributed by atoms with Crippen molar-refractivity contribution in [1.29, 1.82) is 0 Å². The van der Waals surface area contributed by atoms with Gasteiger partial charge in [-0.1, -0.05) is 20.3 Å². The number of nitrogens with two attached hydrogens (primary N) is 2. The molecule has 0 fully saturated rings. The standard InChI is InChI=1S/C20H35N5O8S/c1-4-10(2)16(20(32)33)25-19(31)13(9-14(22)26)24-18(30)12(7-8-34-3)23-17(29)11(21)5-6-15(27)28/h10-13,16H,4-9,21H2,1-3H3,(H2,22,26)(H,23,29)(H,24,30)(H,25,31)(H,27,28)(H,32,33). The lowest BCUT2D eigenvalue weighted by Crippen LogP contribution is -2.58. The lowest BCUT2D eigenvalue weighted by atomic mass is 9.98. The summed E-state index contributed by atoms with van der Waals surface area (Å²) in [5.74, 6) is -5.74. The van der Waals surface area contributed by atoms with E-state index in [-0.39, 0.29) is 19.3 Å². The molecule has 34 heavy (non-hydrogen) atoms. The van der Waals surface area contributed by atoms with Crippen LogP contribution in [0.5, 0.6) is 0 Å². The molecule has 13 nitrogen and oxygen atoms in total. The van der Waals surface area contributed by atoms with Gasteiger partial charge in [-0.25, -0.2) is 4.79 Å². The molecule has 0 aromatic carbocycles. The Balaban J connectivity index is 5.50. The van der Waals surface area contributed by atoms with E-state index in [1.54, 1.807) is 20.1 Å². The molecule has 0 heterocycles. The molecule has 0 saturated carbocycles. The fourth-order valence-electron chi connectivity index (χ4n) is 2.81. The van der Waals surface area contributed by atoms with E-state index < -0.39 is 72.1 Å². The minimum absolute atomic E-state index is 0.142. The van der Waals surface area contributed by atoms with Crippen molar-refractivity contribution in [1.82, 2.24) is 16.0 Å². The quantitative estimate of drug-likeness (QED) is 0.119. The molecule has 0 aliphatic heterocycles. The topological polar surface area (TPSA) is 231 Å². The Morgan fingerprint density at radius 2 is 1.47 bits per heavy atom. The molecule has 0 bridgehead atoms. The first-order valence-electron chi connectivity index (χ1n) is 10.7. The highest BCUT2D eigenvalue weighted by Crippen LogP contribution is 2.09. The molecule has 0 spiro atoms. The zero-order valence-electron chi connectivity index (χ0n) is 19.5. The van der Waals surface area contributed by atoms with E-state index in [9.17, 15) is 33.9 Å². The molecule has 5 atom stereocenters. The molecule has 9 N–H and O–H groups in total. The van der Waals surface area contributed by atoms with Gasteiger partial charge >= 0.3 is 11.9 Å². The molecule has 0 aliphatic carbocycles. The zero-order valence-corrected chi connectivity index (χ0v) is 20.4. The van der Waals surface area contributed by atoms with Crippen LogP contribution in [-0.4, -0.2) is 82.0 Å². The van der Waals surface area contributed by atoms with Crippen molar-refractivity contribution in [2.75, 3.05) is 12.0 Å². The van der Waals surface area contributed by atoms with Gasteiger partial charge in [-0.05, 0) is 30.8 Å². The number of hydrogen-bond donors (Lipinski definition) is 7. The van der Waals surface area contributed by atoms with Crippen LogP contribution in [0.25, 0.3) is 0 Å². The molecule has 5 unspecified atom stereocenters. The third-order valence-electron chi connectivity index (χ3n) is 5.06.